The standard InChI is InChI=1S/C17H21N3S/c1-4-13(3)14-6-8-15(9-7-14)19-17(21)20-16-10-5-12(2)11-18-16/h5-11,13H,4H2,1-3H3,(H2,18,19,20,21)/t13-/m0/s1. The summed E-state index contributed by atoms with van der Waals surface area (Å²) >= 11 is 5.30. The zero-order valence-corrected chi connectivity index (χ0v) is 13.5. The lowest BCUT2D eigenvalue weighted by Gasteiger charge is -2.12. The molecule has 0 fully saturated rings. The third-order valence-corrected chi connectivity index (χ3v) is 3.71. The van der Waals surface area contributed by atoms with Crippen molar-refractivity contribution in [3.8, 4) is 0 Å². The minimum Gasteiger partial charge on any atom is -0.332 e. The molecule has 0 amide bonds. The maximum atomic E-state index is 5.30. The molecule has 0 aliphatic carbocycles. The van der Waals surface area contributed by atoms with E-state index in [9.17, 15) is 0 Å². The van der Waals surface area contributed by atoms with Gasteiger partial charge in [0.25, 0.3) is 0 Å². The van der Waals surface area contributed by atoms with Crippen LogP contribution in [0, 0.1) is 6.92 Å². The zero-order valence-electron chi connectivity index (χ0n) is 12.7. The van der Waals surface area contributed by atoms with Gasteiger partial charge in [-0.1, -0.05) is 32.0 Å². The molecule has 0 spiro atoms. The summed E-state index contributed by atoms with van der Waals surface area (Å²) in [5.74, 6) is 1.33. The number of nitrogens with one attached hydrogen (secondary N) is 2. The van der Waals surface area contributed by atoms with Crippen LogP contribution in [-0.4, -0.2) is 10.1 Å². The van der Waals surface area contributed by atoms with Crippen LogP contribution in [0.4, 0.5) is 11.5 Å². The number of rotatable bonds is 4. The topological polar surface area (TPSA) is 37.0 Å². The fraction of sp³-hybridized carbons (Fsp3) is 0.294. The average Bonchev–Trinajstić information content (AvgIpc) is 2.49. The van der Waals surface area contributed by atoms with Gasteiger partial charge in [-0.2, -0.15) is 0 Å². The summed E-state index contributed by atoms with van der Waals surface area (Å²) in [5.41, 5.74) is 3.45. The fourth-order valence-corrected chi connectivity index (χ4v) is 2.17. The highest BCUT2D eigenvalue weighted by molar-refractivity contribution is 7.80. The normalized spacial score (nSPS) is 11.8. The van der Waals surface area contributed by atoms with E-state index < -0.39 is 0 Å². The molecule has 3 nitrogen and oxygen atoms in total. The Balaban J connectivity index is 1.94. The monoisotopic (exact) mass is 299 g/mol. The molecule has 0 aliphatic heterocycles. The van der Waals surface area contributed by atoms with Gasteiger partial charge in [0.1, 0.15) is 5.82 Å². The van der Waals surface area contributed by atoms with Crippen LogP contribution in [-0.2, 0) is 0 Å². The third kappa shape index (κ3) is 4.53. The largest absolute Gasteiger partial charge is 0.332 e. The van der Waals surface area contributed by atoms with E-state index in [0.717, 1.165) is 23.5 Å². The lowest BCUT2D eigenvalue weighted by molar-refractivity contribution is 0.734. The first-order valence-corrected chi connectivity index (χ1v) is 7.60. The van der Waals surface area contributed by atoms with E-state index in [1.54, 1.807) is 0 Å². The summed E-state index contributed by atoms with van der Waals surface area (Å²) in [5, 5.41) is 6.79. The van der Waals surface area contributed by atoms with Gasteiger partial charge >= 0.3 is 0 Å². The highest BCUT2D eigenvalue weighted by Crippen LogP contribution is 2.20. The molecule has 2 rings (SSSR count). The Kier molecular flexibility index (Phi) is 5.28. The number of hydrogen-bond donors (Lipinski definition) is 2. The zero-order chi connectivity index (χ0) is 15.2. The Labute approximate surface area is 131 Å². The minimum absolute atomic E-state index is 0.544. The number of aromatic nitrogens is 1. The fourth-order valence-electron chi connectivity index (χ4n) is 1.95. The number of nitrogens with zero attached hydrogens (tertiary/aromatic N) is 1. The van der Waals surface area contributed by atoms with Crippen molar-refractivity contribution in [2.24, 2.45) is 0 Å². The Bertz CT molecular complexity index is 590. The number of pyridine rings is 1. The summed E-state index contributed by atoms with van der Waals surface area (Å²) in [7, 11) is 0. The van der Waals surface area contributed by atoms with Crippen molar-refractivity contribution < 1.29 is 0 Å². The molecule has 0 radical (unpaired) electrons. The second-order valence-electron chi connectivity index (χ2n) is 5.23. The first kappa shape index (κ1) is 15.4. The molecular weight excluding hydrogens is 278 g/mol. The quantitative estimate of drug-likeness (QED) is 0.802. The predicted molar refractivity (Wildman–Crippen MR) is 94.0 cm³/mol. The van der Waals surface area contributed by atoms with Crippen molar-refractivity contribution in [3.63, 3.8) is 0 Å². The van der Waals surface area contributed by atoms with Crippen molar-refractivity contribution >= 4 is 28.8 Å². The van der Waals surface area contributed by atoms with E-state index in [0.29, 0.717) is 11.0 Å². The van der Waals surface area contributed by atoms with Crippen molar-refractivity contribution in [3.05, 3.63) is 53.7 Å². The van der Waals surface area contributed by atoms with E-state index in [2.05, 4.69) is 53.7 Å². The molecule has 0 saturated carbocycles. The maximum absolute atomic E-state index is 5.30. The lowest BCUT2D eigenvalue weighted by Crippen LogP contribution is -2.19. The van der Waals surface area contributed by atoms with Gasteiger partial charge in [0, 0.05) is 11.9 Å². The first-order chi connectivity index (χ1) is 10.1. The van der Waals surface area contributed by atoms with Crippen LogP contribution in [0.25, 0.3) is 0 Å². The molecule has 2 aromatic rings. The third-order valence-electron chi connectivity index (χ3n) is 3.50. The van der Waals surface area contributed by atoms with Gasteiger partial charge in [-0.05, 0) is 60.8 Å². The van der Waals surface area contributed by atoms with Gasteiger partial charge in [-0.25, -0.2) is 4.98 Å². The van der Waals surface area contributed by atoms with Crippen LogP contribution in [0.15, 0.2) is 42.6 Å². The van der Waals surface area contributed by atoms with Crippen molar-refractivity contribution in [1.29, 1.82) is 0 Å². The summed E-state index contributed by atoms with van der Waals surface area (Å²) in [4.78, 5) is 4.27. The summed E-state index contributed by atoms with van der Waals surface area (Å²) in [6.45, 7) is 6.44. The van der Waals surface area contributed by atoms with E-state index in [-0.39, 0.29) is 0 Å². The van der Waals surface area contributed by atoms with E-state index >= 15 is 0 Å². The van der Waals surface area contributed by atoms with Gasteiger partial charge < -0.3 is 10.6 Å². The summed E-state index contributed by atoms with van der Waals surface area (Å²) < 4.78 is 0. The highest BCUT2D eigenvalue weighted by Gasteiger charge is 2.03. The molecule has 4 heteroatoms. The molecule has 0 aliphatic rings. The van der Waals surface area contributed by atoms with Crippen LogP contribution in [0.5, 0.6) is 0 Å². The number of aryl methyl sites for hydroxylation is 1. The molecule has 21 heavy (non-hydrogen) atoms. The van der Waals surface area contributed by atoms with E-state index in [1.165, 1.54) is 5.56 Å². The number of anilines is 2. The number of thiocarbonyl (C=S) groups is 1. The van der Waals surface area contributed by atoms with Gasteiger partial charge in [0.15, 0.2) is 5.11 Å². The van der Waals surface area contributed by atoms with Crippen LogP contribution >= 0.6 is 12.2 Å². The Morgan fingerprint density at radius 3 is 2.43 bits per heavy atom. The van der Waals surface area contributed by atoms with Crippen LogP contribution in [0.3, 0.4) is 0 Å². The lowest BCUT2D eigenvalue weighted by atomic mass is 9.99. The van der Waals surface area contributed by atoms with Crippen LogP contribution in [0.2, 0.25) is 0 Å². The Hall–Kier alpha value is -1.94. The smallest absolute Gasteiger partial charge is 0.176 e. The van der Waals surface area contributed by atoms with E-state index in [1.807, 2.05) is 25.3 Å². The molecule has 0 bridgehead atoms. The Morgan fingerprint density at radius 2 is 1.86 bits per heavy atom. The first-order valence-electron chi connectivity index (χ1n) is 7.19. The minimum atomic E-state index is 0.544. The van der Waals surface area contributed by atoms with Crippen molar-refractivity contribution in [1.82, 2.24) is 4.98 Å². The Morgan fingerprint density at radius 1 is 1.14 bits per heavy atom. The predicted octanol–water partition coefficient (Wildman–Crippen LogP) is 4.71. The number of benzene rings is 1. The van der Waals surface area contributed by atoms with Crippen LogP contribution < -0.4 is 10.6 Å². The van der Waals surface area contributed by atoms with Gasteiger partial charge in [-0.3, -0.25) is 0 Å². The molecule has 0 saturated heterocycles. The number of hydrogen-bond acceptors (Lipinski definition) is 2. The van der Waals surface area contributed by atoms with E-state index in [4.69, 9.17) is 12.2 Å². The molecular formula is C17H21N3S. The molecule has 1 heterocycles. The van der Waals surface area contributed by atoms with Crippen LogP contribution in [0.1, 0.15) is 37.3 Å². The van der Waals surface area contributed by atoms with Crippen molar-refractivity contribution in [2.45, 2.75) is 33.1 Å². The average molecular weight is 299 g/mol. The highest BCUT2D eigenvalue weighted by atomic mass is 32.1. The molecule has 1 aromatic heterocycles. The van der Waals surface area contributed by atoms with Gasteiger partial charge in [0.05, 0.1) is 0 Å². The summed E-state index contributed by atoms with van der Waals surface area (Å²) in [6.07, 6.45) is 2.96. The SMILES string of the molecule is CC[C@H](C)c1ccc(NC(=S)Nc2ccc(C)cn2)cc1. The molecule has 1 aromatic carbocycles. The van der Waals surface area contributed by atoms with Gasteiger partial charge in [-0.15, -0.1) is 0 Å². The van der Waals surface area contributed by atoms with Crippen molar-refractivity contribution in [2.75, 3.05) is 10.6 Å². The maximum Gasteiger partial charge on any atom is 0.176 e. The molecule has 1 atom stereocenters. The molecule has 2 N–H and O–H groups in total. The summed E-state index contributed by atoms with van der Waals surface area (Å²) in [6, 6.07) is 12.3. The molecule has 0 unspecified atom stereocenters. The molecule has 110 valence electrons. The second kappa shape index (κ2) is 7.18. The second-order valence-corrected chi connectivity index (χ2v) is 5.64. The van der Waals surface area contributed by atoms with Gasteiger partial charge in [0.2, 0.25) is 0 Å².